The van der Waals surface area contributed by atoms with E-state index in [0.29, 0.717) is 0 Å². The van der Waals surface area contributed by atoms with E-state index in [-0.39, 0.29) is 11.2 Å². The minimum Gasteiger partial charge on any atom is -0.457 e. The lowest BCUT2D eigenvalue weighted by molar-refractivity contribution is -0.112. The molecule has 110 valence electrons. The lowest BCUT2D eigenvalue weighted by Gasteiger charge is -2.10. The summed E-state index contributed by atoms with van der Waals surface area (Å²) < 4.78 is 5.86. The SMILES string of the molecule is CC(C(=O)Cl)c1ccc(Oc2ccc3ccccc3c2)cc1. The largest absolute Gasteiger partial charge is 0.457 e. The van der Waals surface area contributed by atoms with Gasteiger partial charge in [0.2, 0.25) is 5.24 Å². The minimum absolute atomic E-state index is 0.309. The topological polar surface area (TPSA) is 26.3 Å². The average molecular weight is 311 g/mol. The molecule has 0 aliphatic heterocycles. The average Bonchev–Trinajstić information content (AvgIpc) is 2.55. The van der Waals surface area contributed by atoms with Gasteiger partial charge >= 0.3 is 0 Å². The summed E-state index contributed by atoms with van der Waals surface area (Å²) >= 11 is 5.52. The molecule has 1 atom stereocenters. The summed E-state index contributed by atoms with van der Waals surface area (Å²) in [4.78, 5) is 11.2. The van der Waals surface area contributed by atoms with E-state index in [1.165, 1.54) is 5.39 Å². The lowest BCUT2D eigenvalue weighted by Crippen LogP contribution is -2.01. The number of fused-ring (bicyclic) bond motifs is 1. The van der Waals surface area contributed by atoms with Crippen molar-refractivity contribution >= 4 is 27.6 Å². The Balaban J connectivity index is 1.81. The molecule has 0 spiro atoms. The molecule has 2 nitrogen and oxygen atoms in total. The van der Waals surface area contributed by atoms with E-state index in [1.807, 2.05) is 54.6 Å². The first kappa shape index (κ1) is 14.6. The van der Waals surface area contributed by atoms with Crippen molar-refractivity contribution < 1.29 is 9.53 Å². The summed E-state index contributed by atoms with van der Waals surface area (Å²) in [7, 11) is 0. The standard InChI is InChI=1S/C19H15ClO2/c1-13(19(20)21)14-6-9-17(10-7-14)22-18-11-8-15-4-2-3-5-16(15)12-18/h2-13H,1H3. The molecule has 0 heterocycles. The van der Waals surface area contributed by atoms with Crippen LogP contribution >= 0.6 is 11.6 Å². The van der Waals surface area contributed by atoms with Gasteiger partial charge in [0.15, 0.2) is 0 Å². The maximum atomic E-state index is 11.2. The zero-order chi connectivity index (χ0) is 15.5. The van der Waals surface area contributed by atoms with Crippen LogP contribution in [0.1, 0.15) is 18.4 Å². The highest BCUT2D eigenvalue weighted by Gasteiger charge is 2.12. The Morgan fingerprint density at radius 2 is 1.55 bits per heavy atom. The van der Waals surface area contributed by atoms with Crippen LogP contribution in [-0.4, -0.2) is 5.24 Å². The molecule has 3 aromatic rings. The highest BCUT2D eigenvalue weighted by Crippen LogP contribution is 2.27. The van der Waals surface area contributed by atoms with Crippen molar-refractivity contribution in [2.45, 2.75) is 12.8 Å². The smallest absolute Gasteiger partial charge is 0.228 e. The Kier molecular flexibility index (Phi) is 4.12. The van der Waals surface area contributed by atoms with Gasteiger partial charge in [0.1, 0.15) is 11.5 Å². The van der Waals surface area contributed by atoms with Gasteiger partial charge in [-0.25, -0.2) is 0 Å². The lowest BCUT2D eigenvalue weighted by atomic mass is 10.0. The normalized spacial score (nSPS) is 12.1. The Hall–Kier alpha value is -2.32. The van der Waals surface area contributed by atoms with Crippen LogP contribution in [0.3, 0.4) is 0 Å². The molecule has 1 unspecified atom stereocenters. The monoisotopic (exact) mass is 310 g/mol. The summed E-state index contributed by atoms with van der Waals surface area (Å²) in [6.07, 6.45) is 0. The van der Waals surface area contributed by atoms with Crippen LogP contribution < -0.4 is 4.74 Å². The van der Waals surface area contributed by atoms with Crippen molar-refractivity contribution in [2.75, 3.05) is 0 Å². The predicted molar refractivity (Wildman–Crippen MR) is 89.7 cm³/mol. The third-order valence-corrected chi connectivity index (χ3v) is 4.00. The van der Waals surface area contributed by atoms with E-state index in [1.54, 1.807) is 6.92 Å². The number of carbonyl (C=O) groups excluding carboxylic acids is 1. The van der Waals surface area contributed by atoms with Gasteiger partial charge in [-0.05, 0) is 52.2 Å². The van der Waals surface area contributed by atoms with Gasteiger partial charge in [-0.2, -0.15) is 0 Å². The molecule has 0 amide bonds. The fourth-order valence-corrected chi connectivity index (χ4v) is 2.45. The summed E-state index contributed by atoms with van der Waals surface area (Å²) in [5, 5.41) is 1.96. The first-order valence-corrected chi connectivity index (χ1v) is 7.47. The van der Waals surface area contributed by atoms with Crippen molar-refractivity contribution in [1.82, 2.24) is 0 Å². The van der Waals surface area contributed by atoms with E-state index in [0.717, 1.165) is 22.4 Å². The number of carbonyl (C=O) groups is 1. The molecule has 22 heavy (non-hydrogen) atoms. The first-order valence-electron chi connectivity index (χ1n) is 7.09. The van der Waals surface area contributed by atoms with Gasteiger partial charge in [0.05, 0.1) is 5.92 Å². The van der Waals surface area contributed by atoms with Crippen molar-refractivity contribution in [3.63, 3.8) is 0 Å². The zero-order valence-electron chi connectivity index (χ0n) is 12.1. The maximum Gasteiger partial charge on any atom is 0.228 e. The zero-order valence-corrected chi connectivity index (χ0v) is 12.9. The molecule has 0 fully saturated rings. The van der Waals surface area contributed by atoms with Crippen molar-refractivity contribution in [3.05, 3.63) is 72.3 Å². The van der Waals surface area contributed by atoms with Gasteiger partial charge in [0, 0.05) is 0 Å². The molecule has 3 aromatic carbocycles. The van der Waals surface area contributed by atoms with Crippen LogP contribution in [0, 0.1) is 0 Å². The number of rotatable bonds is 4. The Bertz CT molecular complexity index is 809. The number of benzene rings is 3. The van der Waals surface area contributed by atoms with Crippen LogP contribution in [0.15, 0.2) is 66.7 Å². The molecular weight excluding hydrogens is 296 g/mol. The van der Waals surface area contributed by atoms with Gasteiger partial charge in [-0.1, -0.05) is 49.4 Å². The molecule has 0 N–H and O–H groups in total. The van der Waals surface area contributed by atoms with E-state index >= 15 is 0 Å². The van der Waals surface area contributed by atoms with Crippen LogP contribution in [0.25, 0.3) is 10.8 Å². The van der Waals surface area contributed by atoms with E-state index in [4.69, 9.17) is 16.3 Å². The van der Waals surface area contributed by atoms with Crippen LogP contribution in [0.4, 0.5) is 0 Å². The van der Waals surface area contributed by atoms with Gasteiger partial charge in [-0.3, -0.25) is 4.79 Å². The number of hydrogen-bond acceptors (Lipinski definition) is 2. The Morgan fingerprint density at radius 1 is 0.909 bits per heavy atom. The molecule has 0 radical (unpaired) electrons. The number of halogens is 1. The van der Waals surface area contributed by atoms with Crippen LogP contribution in [0.5, 0.6) is 11.5 Å². The minimum atomic E-state index is -0.358. The first-order chi connectivity index (χ1) is 10.6. The van der Waals surface area contributed by atoms with Gasteiger partial charge in [0.25, 0.3) is 0 Å². The third kappa shape index (κ3) is 3.12. The van der Waals surface area contributed by atoms with E-state index in [2.05, 4.69) is 12.1 Å². The molecule has 0 aliphatic rings. The van der Waals surface area contributed by atoms with E-state index < -0.39 is 0 Å². The predicted octanol–water partition coefficient (Wildman–Crippen LogP) is 5.50. The quantitative estimate of drug-likeness (QED) is 0.595. The number of hydrogen-bond donors (Lipinski definition) is 0. The maximum absolute atomic E-state index is 11.2. The Labute approximate surface area is 134 Å². The van der Waals surface area contributed by atoms with Crippen molar-refractivity contribution in [1.29, 1.82) is 0 Å². The molecular formula is C19H15ClO2. The molecule has 3 rings (SSSR count). The molecule has 0 bridgehead atoms. The summed E-state index contributed by atoms with van der Waals surface area (Å²) in [6.45, 7) is 1.79. The second-order valence-corrected chi connectivity index (χ2v) is 5.58. The number of ether oxygens (including phenoxy) is 1. The van der Waals surface area contributed by atoms with E-state index in [9.17, 15) is 4.79 Å². The summed E-state index contributed by atoms with van der Waals surface area (Å²) in [6, 6.07) is 21.6. The summed E-state index contributed by atoms with van der Waals surface area (Å²) in [5.41, 5.74) is 0.880. The molecule has 0 saturated heterocycles. The second-order valence-electron chi connectivity index (χ2n) is 5.21. The molecule has 0 aromatic heterocycles. The Morgan fingerprint density at radius 3 is 2.23 bits per heavy atom. The summed E-state index contributed by atoms with van der Waals surface area (Å²) in [5.74, 6) is 1.21. The fourth-order valence-electron chi connectivity index (χ4n) is 2.32. The van der Waals surface area contributed by atoms with Gasteiger partial charge in [-0.15, -0.1) is 0 Å². The van der Waals surface area contributed by atoms with Crippen molar-refractivity contribution in [2.24, 2.45) is 0 Å². The van der Waals surface area contributed by atoms with Crippen LogP contribution in [-0.2, 0) is 4.79 Å². The molecule has 0 aliphatic carbocycles. The highest BCUT2D eigenvalue weighted by molar-refractivity contribution is 6.64. The second kappa shape index (κ2) is 6.20. The molecule has 3 heteroatoms. The van der Waals surface area contributed by atoms with Gasteiger partial charge < -0.3 is 4.74 Å². The fraction of sp³-hybridized carbons (Fsp3) is 0.105. The third-order valence-electron chi connectivity index (χ3n) is 3.68. The van der Waals surface area contributed by atoms with Crippen molar-refractivity contribution in [3.8, 4) is 11.5 Å². The highest BCUT2D eigenvalue weighted by atomic mass is 35.5. The molecule has 0 saturated carbocycles. The van der Waals surface area contributed by atoms with Crippen LogP contribution in [0.2, 0.25) is 0 Å².